The van der Waals surface area contributed by atoms with Gasteiger partial charge in [0.05, 0.1) is 13.0 Å². The molecule has 0 radical (unpaired) electrons. The normalized spacial score (nSPS) is 21.9. The number of likely N-dealkylation sites (N-methyl/N-ethyl adjacent to an activating group) is 2. The Morgan fingerprint density at radius 3 is 2.44 bits per heavy atom. The number of nitrogens with zero attached hydrogens (tertiary/aromatic N) is 3. The third-order valence-corrected chi connectivity index (χ3v) is 7.86. The quantitative estimate of drug-likeness (QED) is 0.617. The van der Waals surface area contributed by atoms with E-state index < -0.39 is 0 Å². The van der Waals surface area contributed by atoms with E-state index in [0.29, 0.717) is 0 Å². The molecule has 2 aromatic carbocycles. The van der Waals surface area contributed by atoms with Crippen LogP contribution in [0.3, 0.4) is 0 Å². The van der Waals surface area contributed by atoms with E-state index >= 15 is 0 Å². The maximum atomic E-state index is 12.8. The average Bonchev–Trinajstić information content (AvgIpc) is 3.49. The lowest BCUT2D eigenvalue weighted by Gasteiger charge is -2.26. The van der Waals surface area contributed by atoms with Gasteiger partial charge in [-0.25, -0.2) is 0 Å². The summed E-state index contributed by atoms with van der Waals surface area (Å²) in [6, 6.07) is 12.9. The Hall–Kier alpha value is -2.31. The highest BCUT2D eigenvalue weighted by Gasteiger charge is 2.59. The Balaban J connectivity index is 1.55. The lowest BCUT2D eigenvalue weighted by atomic mass is 9.96. The molecule has 0 spiro atoms. The van der Waals surface area contributed by atoms with Gasteiger partial charge in [-0.05, 0) is 57.6 Å². The van der Waals surface area contributed by atoms with Gasteiger partial charge in [-0.1, -0.05) is 47.7 Å². The van der Waals surface area contributed by atoms with E-state index in [4.69, 9.17) is 4.74 Å². The fourth-order valence-electron chi connectivity index (χ4n) is 4.55. The maximum Gasteiger partial charge on any atom is 0.253 e. The second kappa shape index (κ2) is 9.28. The van der Waals surface area contributed by atoms with Gasteiger partial charge >= 0.3 is 0 Å². The van der Waals surface area contributed by atoms with Gasteiger partial charge in [0, 0.05) is 36.4 Å². The first-order valence-electron chi connectivity index (χ1n) is 11.3. The van der Waals surface area contributed by atoms with E-state index in [2.05, 4.69) is 86.1 Å². The predicted molar refractivity (Wildman–Crippen MR) is 134 cm³/mol. The summed E-state index contributed by atoms with van der Waals surface area (Å²) in [6.07, 6.45) is 0. The molecule has 1 saturated carbocycles. The summed E-state index contributed by atoms with van der Waals surface area (Å²) in [5, 5.41) is 1.14. The Bertz CT molecular complexity index is 1050. The number of benzene rings is 2. The molecule has 0 saturated heterocycles. The van der Waals surface area contributed by atoms with E-state index in [1.54, 1.807) is 18.9 Å². The summed E-state index contributed by atoms with van der Waals surface area (Å²) in [5.74, 6) is 1.06. The number of fused-ring (bicyclic) bond motifs is 1. The second-order valence-electron chi connectivity index (χ2n) is 9.03. The molecule has 4 rings (SSSR count). The van der Waals surface area contributed by atoms with Crippen molar-refractivity contribution in [3.05, 3.63) is 53.1 Å². The monoisotopic (exact) mass is 451 g/mol. The highest BCUT2D eigenvalue weighted by molar-refractivity contribution is 8.14. The summed E-state index contributed by atoms with van der Waals surface area (Å²) in [7, 11) is 5.85. The van der Waals surface area contributed by atoms with Crippen molar-refractivity contribution in [3.8, 4) is 16.9 Å². The minimum Gasteiger partial charge on any atom is -0.496 e. The van der Waals surface area contributed by atoms with E-state index in [1.807, 2.05) is 0 Å². The molecule has 1 aliphatic carbocycles. The van der Waals surface area contributed by atoms with Crippen molar-refractivity contribution in [2.45, 2.75) is 31.9 Å². The Labute approximate surface area is 195 Å². The molecule has 2 aromatic rings. The highest BCUT2D eigenvalue weighted by atomic mass is 32.2. The first-order chi connectivity index (χ1) is 15.3. The van der Waals surface area contributed by atoms with Crippen LogP contribution < -0.4 is 4.74 Å². The summed E-state index contributed by atoms with van der Waals surface area (Å²) in [5.41, 5.74) is 5.93. The Morgan fingerprint density at radius 1 is 1.03 bits per heavy atom. The van der Waals surface area contributed by atoms with Crippen molar-refractivity contribution in [3.63, 3.8) is 0 Å². The van der Waals surface area contributed by atoms with Crippen LogP contribution in [0.5, 0.6) is 5.75 Å². The van der Waals surface area contributed by atoms with Crippen molar-refractivity contribution >= 4 is 22.8 Å². The van der Waals surface area contributed by atoms with Gasteiger partial charge in [0.25, 0.3) is 5.91 Å². The molecule has 170 valence electrons. The van der Waals surface area contributed by atoms with Crippen LogP contribution in [0.1, 0.15) is 29.5 Å². The number of carbonyl (C=O) groups excluding carboxylic acids is 1. The molecular formula is C26H33N3O2S. The number of rotatable bonds is 7. The van der Waals surface area contributed by atoms with Crippen LogP contribution in [0, 0.1) is 19.8 Å². The standard InChI is InChI=1S/C26H33N3O2S/c1-7-29(13-12-28(4)5)26-27-25(30)23-22(24(23)32-26)18-9-11-20(21(15-18)31-6)19-10-8-16(2)14-17(19)3/h8-11,14-15,22-24H,7,12-13H2,1-6H3. The minimum absolute atomic E-state index is 0.0204. The molecule has 1 fully saturated rings. The molecule has 3 unspecified atom stereocenters. The summed E-state index contributed by atoms with van der Waals surface area (Å²) in [4.78, 5) is 21.7. The van der Waals surface area contributed by atoms with Crippen molar-refractivity contribution in [2.24, 2.45) is 10.9 Å². The molecule has 1 aliphatic heterocycles. The number of hydrogen-bond donors (Lipinski definition) is 0. The van der Waals surface area contributed by atoms with Crippen molar-refractivity contribution in [1.82, 2.24) is 9.80 Å². The molecule has 2 aliphatic rings. The number of carbonyl (C=O) groups is 1. The van der Waals surface area contributed by atoms with Gasteiger partial charge in [0.2, 0.25) is 0 Å². The van der Waals surface area contributed by atoms with E-state index in [1.165, 1.54) is 22.3 Å². The molecule has 32 heavy (non-hydrogen) atoms. The Kier molecular flexibility index (Phi) is 6.63. The van der Waals surface area contributed by atoms with Crippen LogP contribution in [0.4, 0.5) is 0 Å². The highest BCUT2D eigenvalue weighted by Crippen LogP contribution is 2.59. The molecule has 1 amide bonds. The van der Waals surface area contributed by atoms with Gasteiger partial charge in [0.1, 0.15) is 5.75 Å². The van der Waals surface area contributed by atoms with E-state index in [-0.39, 0.29) is 23.0 Å². The number of amides is 1. The van der Waals surface area contributed by atoms with Crippen LogP contribution in [-0.4, -0.2) is 67.0 Å². The number of aryl methyl sites for hydroxylation is 2. The first-order valence-corrected chi connectivity index (χ1v) is 12.2. The van der Waals surface area contributed by atoms with Crippen LogP contribution >= 0.6 is 11.8 Å². The topological polar surface area (TPSA) is 45.1 Å². The zero-order valence-electron chi connectivity index (χ0n) is 19.9. The number of amidine groups is 1. The summed E-state index contributed by atoms with van der Waals surface area (Å²) >= 11 is 1.77. The van der Waals surface area contributed by atoms with Crippen LogP contribution in [0.15, 0.2) is 41.4 Å². The average molecular weight is 452 g/mol. The largest absolute Gasteiger partial charge is 0.496 e. The maximum absolute atomic E-state index is 12.8. The number of hydrogen-bond acceptors (Lipinski definition) is 5. The molecule has 6 heteroatoms. The van der Waals surface area contributed by atoms with Crippen LogP contribution in [0.25, 0.3) is 11.1 Å². The molecule has 5 nitrogen and oxygen atoms in total. The molecule has 0 aromatic heterocycles. The second-order valence-corrected chi connectivity index (χ2v) is 10.2. The number of ether oxygens (including phenoxy) is 1. The summed E-state index contributed by atoms with van der Waals surface area (Å²) in [6.45, 7) is 9.04. The van der Waals surface area contributed by atoms with Crippen LogP contribution in [-0.2, 0) is 4.79 Å². The first kappa shape index (κ1) is 22.9. The van der Waals surface area contributed by atoms with E-state index in [0.717, 1.165) is 36.1 Å². The zero-order chi connectivity index (χ0) is 23.0. The van der Waals surface area contributed by atoms with E-state index in [9.17, 15) is 4.79 Å². The molecule has 0 N–H and O–H groups in total. The third-order valence-electron chi connectivity index (χ3n) is 6.44. The minimum atomic E-state index is -0.0204. The van der Waals surface area contributed by atoms with Crippen LogP contribution in [0.2, 0.25) is 0 Å². The smallest absolute Gasteiger partial charge is 0.253 e. The van der Waals surface area contributed by atoms with Crippen molar-refractivity contribution in [1.29, 1.82) is 0 Å². The number of methoxy groups -OCH3 is 1. The fraction of sp³-hybridized carbons (Fsp3) is 0.462. The third kappa shape index (κ3) is 4.44. The van der Waals surface area contributed by atoms with Gasteiger partial charge in [-0.15, -0.1) is 0 Å². The van der Waals surface area contributed by atoms with Gasteiger partial charge in [0.15, 0.2) is 5.17 Å². The molecular weight excluding hydrogens is 418 g/mol. The van der Waals surface area contributed by atoms with Crippen molar-refractivity contribution in [2.75, 3.05) is 40.8 Å². The number of aliphatic imine (C=N–C) groups is 1. The SMILES string of the molecule is CCN(CCN(C)C)C1=NC(=O)C2C(S1)C2c1ccc(-c2ccc(C)cc2C)c(OC)c1. The fourth-order valence-corrected chi connectivity index (χ4v) is 6.12. The number of thioether (sulfide) groups is 1. The zero-order valence-corrected chi connectivity index (χ0v) is 20.7. The van der Waals surface area contributed by atoms with Gasteiger partial charge < -0.3 is 14.5 Å². The van der Waals surface area contributed by atoms with Gasteiger partial charge in [-0.3, -0.25) is 4.79 Å². The molecule has 1 heterocycles. The molecule has 3 atom stereocenters. The predicted octanol–water partition coefficient (Wildman–Crippen LogP) is 4.57. The Morgan fingerprint density at radius 2 is 1.78 bits per heavy atom. The summed E-state index contributed by atoms with van der Waals surface area (Å²) < 4.78 is 5.78. The van der Waals surface area contributed by atoms with Gasteiger partial charge in [-0.2, -0.15) is 4.99 Å². The van der Waals surface area contributed by atoms with Crippen molar-refractivity contribution < 1.29 is 9.53 Å². The molecule has 0 bridgehead atoms. The lowest BCUT2D eigenvalue weighted by molar-refractivity contribution is -0.119. The lowest BCUT2D eigenvalue weighted by Crippen LogP contribution is -2.36.